The molecule has 0 fully saturated rings. The average Bonchev–Trinajstić information content (AvgIpc) is 1.98. The van der Waals surface area contributed by atoms with Gasteiger partial charge in [0.05, 0.1) is 5.00 Å². The summed E-state index contributed by atoms with van der Waals surface area (Å²) in [6, 6.07) is 0. The first-order chi connectivity index (χ1) is 4.13. The molecular formula is C7H11NS. The van der Waals surface area contributed by atoms with E-state index in [4.69, 9.17) is 5.73 Å². The molecule has 0 radical (unpaired) electrons. The summed E-state index contributed by atoms with van der Waals surface area (Å²) in [6.07, 6.45) is 0. The first kappa shape index (κ1) is 6.62. The molecule has 9 heavy (non-hydrogen) atoms. The van der Waals surface area contributed by atoms with E-state index < -0.39 is 0 Å². The number of hydrogen-bond acceptors (Lipinski definition) is 2. The monoisotopic (exact) mass is 141 g/mol. The van der Waals surface area contributed by atoms with E-state index in [9.17, 15) is 0 Å². The molecule has 2 heteroatoms. The van der Waals surface area contributed by atoms with Crippen molar-refractivity contribution in [2.75, 3.05) is 5.73 Å². The van der Waals surface area contributed by atoms with Gasteiger partial charge in [0.2, 0.25) is 0 Å². The Hall–Kier alpha value is -0.500. The molecule has 1 aromatic rings. The number of aryl methyl sites for hydroxylation is 1. The highest BCUT2D eigenvalue weighted by molar-refractivity contribution is 7.16. The maximum Gasteiger partial charge on any atom is 0.0891 e. The van der Waals surface area contributed by atoms with Gasteiger partial charge in [0.25, 0.3) is 0 Å². The molecule has 1 aromatic heterocycles. The van der Waals surface area contributed by atoms with Gasteiger partial charge in [-0.05, 0) is 31.9 Å². The third-order valence-electron chi connectivity index (χ3n) is 1.72. The lowest BCUT2D eigenvalue weighted by molar-refractivity contribution is 1.35. The van der Waals surface area contributed by atoms with Gasteiger partial charge in [0, 0.05) is 4.88 Å². The van der Waals surface area contributed by atoms with Gasteiger partial charge in [-0.3, -0.25) is 0 Å². The third-order valence-corrected chi connectivity index (χ3v) is 2.86. The van der Waals surface area contributed by atoms with E-state index in [2.05, 4.69) is 20.8 Å². The highest BCUT2D eigenvalue weighted by atomic mass is 32.1. The molecule has 2 N–H and O–H groups in total. The van der Waals surface area contributed by atoms with Crippen LogP contribution >= 0.6 is 11.3 Å². The van der Waals surface area contributed by atoms with Gasteiger partial charge in [-0.1, -0.05) is 0 Å². The van der Waals surface area contributed by atoms with E-state index >= 15 is 0 Å². The van der Waals surface area contributed by atoms with Gasteiger partial charge >= 0.3 is 0 Å². The fraction of sp³-hybridized carbons (Fsp3) is 0.429. The molecule has 0 aromatic carbocycles. The molecule has 0 saturated heterocycles. The quantitative estimate of drug-likeness (QED) is 0.589. The Morgan fingerprint density at radius 3 is 1.78 bits per heavy atom. The Morgan fingerprint density at radius 1 is 1.11 bits per heavy atom. The van der Waals surface area contributed by atoms with Crippen molar-refractivity contribution in [1.82, 2.24) is 0 Å². The summed E-state index contributed by atoms with van der Waals surface area (Å²) < 4.78 is 0. The predicted octanol–water partition coefficient (Wildman–Crippen LogP) is 2.26. The van der Waals surface area contributed by atoms with Crippen LogP contribution in [0.15, 0.2) is 0 Å². The van der Waals surface area contributed by atoms with Crippen LogP contribution in [0.5, 0.6) is 0 Å². The van der Waals surface area contributed by atoms with Crippen LogP contribution in [0, 0.1) is 20.8 Å². The molecule has 1 rings (SSSR count). The summed E-state index contributed by atoms with van der Waals surface area (Å²) in [4.78, 5) is 1.34. The summed E-state index contributed by atoms with van der Waals surface area (Å²) in [5.41, 5.74) is 8.25. The fourth-order valence-electron chi connectivity index (χ4n) is 0.767. The molecule has 0 aliphatic heterocycles. The highest BCUT2D eigenvalue weighted by Crippen LogP contribution is 2.27. The van der Waals surface area contributed by atoms with E-state index in [-0.39, 0.29) is 0 Å². The number of hydrogen-bond donors (Lipinski definition) is 1. The molecule has 0 aliphatic rings. The minimum absolute atomic E-state index is 0.963. The maximum atomic E-state index is 5.66. The lowest BCUT2D eigenvalue weighted by Crippen LogP contribution is -1.81. The number of thiophene rings is 1. The molecule has 0 spiro atoms. The average molecular weight is 141 g/mol. The molecule has 0 atom stereocenters. The normalized spacial score (nSPS) is 10.1. The van der Waals surface area contributed by atoms with E-state index in [1.165, 1.54) is 16.0 Å². The minimum Gasteiger partial charge on any atom is -0.390 e. The fourth-order valence-corrected chi connectivity index (χ4v) is 1.71. The maximum absolute atomic E-state index is 5.66. The Bertz CT molecular complexity index is 203. The second-order valence-corrected chi connectivity index (χ2v) is 3.53. The van der Waals surface area contributed by atoms with Crippen LogP contribution in [0.25, 0.3) is 0 Å². The van der Waals surface area contributed by atoms with Crippen molar-refractivity contribution in [3.63, 3.8) is 0 Å². The summed E-state index contributed by atoms with van der Waals surface area (Å²) >= 11 is 1.67. The standard InChI is InChI=1S/C7H11NS/c1-4-5(2)7(8)9-6(4)3/h8H2,1-3H3. The smallest absolute Gasteiger partial charge is 0.0891 e. The number of anilines is 1. The third kappa shape index (κ3) is 0.944. The Balaban J connectivity index is 3.29. The first-order valence-corrected chi connectivity index (χ1v) is 3.76. The van der Waals surface area contributed by atoms with Crippen LogP contribution in [-0.2, 0) is 0 Å². The van der Waals surface area contributed by atoms with Crippen LogP contribution in [0.4, 0.5) is 5.00 Å². The number of nitrogen functional groups attached to an aromatic ring is 1. The number of rotatable bonds is 0. The van der Waals surface area contributed by atoms with E-state index in [0.717, 1.165) is 5.00 Å². The summed E-state index contributed by atoms with van der Waals surface area (Å²) in [7, 11) is 0. The zero-order valence-corrected chi connectivity index (χ0v) is 6.80. The molecular weight excluding hydrogens is 130 g/mol. The van der Waals surface area contributed by atoms with Crippen LogP contribution in [0.1, 0.15) is 16.0 Å². The van der Waals surface area contributed by atoms with Crippen molar-refractivity contribution in [3.05, 3.63) is 16.0 Å². The van der Waals surface area contributed by atoms with Crippen molar-refractivity contribution < 1.29 is 0 Å². The highest BCUT2D eigenvalue weighted by Gasteiger charge is 2.03. The second-order valence-electron chi connectivity index (χ2n) is 2.27. The Labute approximate surface area is 59.5 Å². The molecule has 0 unspecified atom stereocenters. The summed E-state index contributed by atoms with van der Waals surface area (Å²) in [6.45, 7) is 6.27. The van der Waals surface area contributed by atoms with Gasteiger partial charge in [-0.2, -0.15) is 0 Å². The van der Waals surface area contributed by atoms with Crippen molar-refractivity contribution >= 4 is 16.3 Å². The van der Waals surface area contributed by atoms with Crippen LogP contribution in [0.2, 0.25) is 0 Å². The van der Waals surface area contributed by atoms with E-state index in [1.807, 2.05) is 0 Å². The van der Waals surface area contributed by atoms with Gasteiger partial charge in [-0.25, -0.2) is 0 Å². The van der Waals surface area contributed by atoms with Crippen LogP contribution < -0.4 is 5.73 Å². The zero-order chi connectivity index (χ0) is 7.02. The molecule has 0 bridgehead atoms. The lowest BCUT2D eigenvalue weighted by atomic mass is 10.2. The van der Waals surface area contributed by atoms with Crippen molar-refractivity contribution in [3.8, 4) is 0 Å². The minimum atomic E-state index is 0.963. The molecule has 0 amide bonds. The molecule has 50 valence electrons. The van der Waals surface area contributed by atoms with E-state index in [1.54, 1.807) is 11.3 Å². The predicted molar refractivity (Wildman–Crippen MR) is 42.9 cm³/mol. The van der Waals surface area contributed by atoms with Crippen molar-refractivity contribution in [1.29, 1.82) is 0 Å². The van der Waals surface area contributed by atoms with Gasteiger partial charge < -0.3 is 5.73 Å². The topological polar surface area (TPSA) is 26.0 Å². The SMILES string of the molecule is Cc1sc(N)c(C)c1C. The summed E-state index contributed by atoms with van der Waals surface area (Å²) in [5.74, 6) is 0. The van der Waals surface area contributed by atoms with Gasteiger partial charge in [0.15, 0.2) is 0 Å². The zero-order valence-electron chi connectivity index (χ0n) is 5.99. The molecule has 1 heterocycles. The van der Waals surface area contributed by atoms with Crippen molar-refractivity contribution in [2.45, 2.75) is 20.8 Å². The van der Waals surface area contributed by atoms with Crippen LogP contribution in [-0.4, -0.2) is 0 Å². The lowest BCUT2D eigenvalue weighted by Gasteiger charge is -1.88. The summed E-state index contributed by atoms with van der Waals surface area (Å²) in [5, 5.41) is 0.963. The number of nitrogens with two attached hydrogens (primary N) is 1. The first-order valence-electron chi connectivity index (χ1n) is 2.95. The van der Waals surface area contributed by atoms with Gasteiger partial charge in [-0.15, -0.1) is 11.3 Å². The van der Waals surface area contributed by atoms with Crippen LogP contribution in [0.3, 0.4) is 0 Å². The molecule has 0 aliphatic carbocycles. The Morgan fingerprint density at radius 2 is 1.67 bits per heavy atom. The molecule has 1 nitrogen and oxygen atoms in total. The second kappa shape index (κ2) is 2.03. The Kier molecular flexibility index (Phi) is 1.49. The van der Waals surface area contributed by atoms with Gasteiger partial charge in [0.1, 0.15) is 0 Å². The van der Waals surface area contributed by atoms with E-state index in [0.29, 0.717) is 0 Å². The molecule has 0 saturated carbocycles. The van der Waals surface area contributed by atoms with Crippen molar-refractivity contribution in [2.24, 2.45) is 0 Å². The largest absolute Gasteiger partial charge is 0.390 e.